The Labute approximate surface area is 175 Å². The van der Waals surface area contributed by atoms with Crippen LogP contribution in [0.2, 0.25) is 0 Å². The molecule has 0 unspecified atom stereocenters. The van der Waals surface area contributed by atoms with Crippen LogP contribution in [-0.2, 0) is 11.3 Å². The number of carbonyl (C=O) groups excluding carboxylic acids is 1. The highest BCUT2D eigenvalue weighted by molar-refractivity contribution is 9.10. The lowest BCUT2D eigenvalue weighted by Crippen LogP contribution is -2.37. The van der Waals surface area contributed by atoms with Gasteiger partial charge in [-0.3, -0.25) is 15.0 Å². The summed E-state index contributed by atoms with van der Waals surface area (Å²) in [6, 6.07) is 4.09. The van der Waals surface area contributed by atoms with Crippen LogP contribution in [-0.4, -0.2) is 33.7 Å². The highest BCUT2D eigenvalue weighted by atomic mass is 79.9. The summed E-state index contributed by atoms with van der Waals surface area (Å²) in [7, 11) is 1.29. The van der Waals surface area contributed by atoms with Gasteiger partial charge in [0.25, 0.3) is 0 Å². The lowest BCUT2D eigenvalue weighted by atomic mass is 10.2. The van der Waals surface area contributed by atoms with Crippen LogP contribution >= 0.6 is 15.9 Å². The topological polar surface area (TPSA) is 108 Å². The second kappa shape index (κ2) is 8.68. The van der Waals surface area contributed by atoms with Crippen molar-refractivity contribution < 1.29 is 23.6 Å². The molecule has 0 spiro atoms. The van der Waals surface area contributed by atoms with Crippen molar-refractivity contribution in [3.63, 3.8) is 0 Å². The average molecular weight is 471 g/mol. The van der Waals surface area contributed by atoms with Crippen LogP contribution in [0.3, 0.4) is 0 Å². The van der Waals surface area contributed by atoms with E-state index in [1.807, 2.05) is 0 Å². The van der Waals surface area contributed by atoms with Crippen LogP contribution in [0.4, 0.5) is 20.7 Å². The Hall–Kier alpha value is -2.82. The molecule has 1 heterocycles. The Morgan fingerprint density at radius 3 is 2.52 bits per heavy atom. The fourth-order valence-corrected chi connectivity index (χ4v) is 2.72. The van der Waals surface area contributed by atoms with Gasteiger partial charge in [-0.15, -0.1) is 0 Å². The van der Waals surface area contributed by atoms with E-state index in [1.54, 1.807) is 26.8 Å². The van der Waals surface area contributed by atoms with E-state index in [4.69, 9.17) is 9.47 Å². The summed E-state index contributed by atoms with van der Waals surface area (Å²) in [6.07, 6.45) is -0.928. The van der Waals surface area contributed by atoms with Crippen molar-refractivity contribution >= 4 is 33.5 Å². The van der Waals surface area contributed by atoms with Gasteiger partial charge >= 0.3 is 17.8 Å². The number of aromatic nitrogens is 2. The lowest BCUT2D eigenvalue weighted by molar-refractivity contribution is -0.385. The van der Waals surface area contributed by atoms with Gasteiger partial charge in [-0.05, 0) is 39.8 Å². The first kappa shape index (κ1) is 22.5. The molecule has 0 fully saturated rings. The van der Waals surface area contributed by atoms with Crippen molar-refractivity contribution in [1.82, 2.24) is 9.97 Å². The van der Waals surface area contributed by atoms with E-state index in [-0.39, 0.29) is 29.6 Å². The number of ether oxygens (including phenoxy) is 2. The average Bonchev–Trinajstić information content (AvgIpc) is 2.58. The van der Waals surface area contributed by atoms with Crippen LogP contribution in [0.5, 0.6) is 6.01 Å². The molecule has 0 saturated heterocycles. The predicted molar refractivity (Wildman–Crippen MR) is 106 cm³/mol. The Morgan fingerprint density at radius 2 is 2.00 bits per heavy atom. The van der Waals surface area contributed by atoms with Gasteiger partial charge in [0, 0.05) is 10.0 Å². The van der Waals surface area contributed by atoms with E-state index in [0.717, 1.165) is 4.90 Å². The normalized spacial score (nSPS) is 11.1. The zero-order valence-corrected chi connectivity index (χ0v) is 18.1. The summed E-state index contributed by atoms with van der Waals surface area (Å²) in [5, 5.41) is 11.6. The number of halogens is 2. The van der Waals surface area contributed by atoms with E-state index < -0.39 is 28.1 Å². The number of aryl methyl sites for hydroxylation is 1. The van der Waals surface area contributed by atoms with E-state index >= 15 is 0 Å². The van der Waals surface area contributed by atoms with Gasteiger partial charge in [-0.2, -0.15) is 9.97 Å². The molecular formula is C18H20BrFN4O5. The van der Waals surface area contributed by atoms with Gasteiger partial charge in [0.15, 0.2) is 0 Å². The van der Waals surface area contributed by atoms with Crippen molar-refractivity contribution in [2.45, 2.75) is 39.8 Å². The molecule has 0 radical (unpaired) electrons. The SMILES string of the molecule is COc1nc(C)c([N+](=O)[O-])c(N(Cc2ccc(Br)cc2F)C(=O)OC(C)(C)C)n1. The molecular weight excluding hydrogens is 451 g/mol. The highest BCUT2D eigenvalue weighted by Gasteiger charge is 2.33. The minimum absolute atomic E-state index is 0.0123. The second-order valence-corrected chi connectivity index (χ2v) is 7.94. The minimum Gasteiger partial charge on any atom is -0.467 e. The maximum atomic E-state index is 14.4. The third kappa shape index (κ3) is 5.59. The van der Waals surface area contributed by atoms with Crippen molar-refractivity contribution in [2.24, 2.45) is 0 Å². The van der Waals surface area contributed by atoms with Gasteiger partial charge < -0.3 is 9.47 Å². The number of anilines is 1. The number of rotatable bonds is 5. The van der Waals surface area contributed by atoms with Gasteiger partial charge in [0.05, 0.1) is 18.6 Å². The summed E-state index contributed by atoms with van der Waals surface area (Å²) in [5.41, 5.74) is -1.30. The van der Waals surface area contributed by atoms with Gasteiger partial charge in [-0.1, -0.05) is 22.0 Å². The quantitative estimate of drug-likeness (QED) is 0.465. The summed E-state index contributed by atoms with van der Waals surface area (Å²) in [6.45, 7) is 5.96. The fraction of sp³-hybridized carbons (Fsp3) is 0.389. The third-order valence-electron chi connectivity index (χ3n) is 3.60. The zero-order chi connectivity index (χ0) is 21.9. The molecule has 0 N–H and O–H groups in total. The van der Waals surface area contributed by atoms with Crippen molar-refractivity contribution in [3.8, 4) is 6.01 Å². The molecule has 0 bridgehead atoms. The molecule has 1 aromatic carbocycles. The van der Waals surface area contributed by atoms with E-state index in [0.29, 0.717) is 4.47 Å². The highest BCUT2D eigenvalue weighted by Crippen LogP contribution is 2.33. The smallest absolute Gasteiger partial charge is 0.416 e. The van der Waals surface area contributed by atoms with Crippen LogP contribution in [0, 0.1) is 22.9 Å². The zero-order valence-electron chi connectivity index (χ0n) is 16.5. The second-order valence-electron chi connectivity index (χ2n) is 7.03. The van der Waals surface area contributed by atoms with E-state index in [1.165, 1.54) is 26.2 Å². The van der Waals surface area contributed by atoms with Crippen LogP contribution in [0.1, 0.15) is 32.0 Å². The third-order valence-corrected chi connectivity index (χ3v) is 4.09. The fourth-order valence-electron chi connectivity index (χ4n) is 2.38. The van der Waals surface area contributed by atoms with E-state index in [9.17, 15) is 19.3 Å². The molecule has 0 aliphatic heterocycles. The van der Waals surface area contributed by atoms with Crippen LogP contribution < -0.4 is 9.64 Å². The molecule has 156 valence electrons. The first-order valence-corrected chi connectivity index (χ1v) is 9.23. The number of carbonyl (C=O) groups is 1. The largest absolute Gasteiger partial charge is 0.467 e. The first-order chi connectivity index (χ1) is 13.4. The summed E-state index contributed by atoms with van der Waals surface area (Å²) >= 11 is 3.16. The van der Waals surface area contributed by atoms with Gasteiger partial charge in [-0.25, -0.2) is 9.18 Å². The van der Waals surface area contributed by atoms with Crippen LogP contribution in [0.15, 0.2) is 22.7 Å². The number of benzene rings is 1. The van der Waals surface area contributed by atoms with Gasteiger partial charge in [0.2, 0.25) is 5.82 Å². The molecule has 0 atom stereocenters. The van der Waals surface area contributed by atoms with Crippen molar-refractivity contribution in [2.75, 3.05) is 12.0 Å². The molecule has 0 aliphatic carbocycles. The number of nitrogens with zero attached hydrogens (tertiary/aromatic N) is 4. The number of amides is 1. The maximum Gasteiger partial charge on any atom is 0.416 e. The number of nitro groups is 1. The van der Waals surface area contributed by atoms with Crippen molar-refractivity contribution in [1.29, 1.82) is 0 Å². The number of hydrogen-bond acceptors (Lipinski definition) is 7. The minimum atomic E-state index is -0.928. The molecule has 1 amide bonds. The Kier molecular flexibility index (Phi) is 6.73. The molecule has 11 heteroatoms. The monoisotopic (exact) mass is 470 g/mol. The Bertz CT molecular complexity index is 949. The maximum absolute atomic E-state index is 14.4. The molecule has 2 aromatic rings. The Balaban J connectivity index is 2.65. The lowest BCUT2D eigenvalue weighted by Gasteiger charge is -2.27. The molecule has 0 aliphatic rings. The molecule has 9 nitrogen and oxygen atoms in total. The van der Waals surface area contributed by atoms with Gasteiger partial charge in [0.1, 0.15) is 17.1 Å². The number of hydrogen-bond donors (Lipinski definition) is 0. The van der Waals surface area contributed by atoms with E-state index in [2.05, 4.69) is 25.9 Å². The van der Waals surface area contributed by atoms with Crippen LogP contribution in [0.25, 0.3) is 0 Å². The summed E-state index contributed by atoms with van der Waals surface area (Å²) in [4.78, 5) is 32.6. The molecule has 0 saturated carbocycles. The predicted octanol–water partition coefficient (Wildman–Crippen LogP) is 4.55. The molecule has 1 aromatic heterocycles. The summed E-state index contributed by atoms with van der Waals surface area (Å²) < 4.78 is 25.3. The standard InChI is InChI=1S/C18H20BrFN4O5/c1-10-14(24(26)27)15(22-16(21-10)28-5)23(17(25)29-18(2,3)4)9-11-6-7-12(19)8-13(11)20/h6-8H,9H2,1-5H3. The first-order valence-electron chi connectivity index (χ1n) is 8.44. The molecule has 29 heavy (non-hydrogen) atoms. The van der Waals surface area contributed by atoms with Crippen molar-refractivity contribution in [3.05, 3.63) is 49.9 Å². The Morgan fingerprint density at radius 1 is 1.34 bits per heavy atom. The number of methoxy groups -OCH3 is 1. The summed E-state index contributed by atoms with van der Waals surface area (Å²) in [5.74, 6) is -0.954. The molecule has 2 rings (SSSR count).